The third-order valence-electron chi connectivity index (χ3n) is 4.02. The highest BCUT2D eigenvalue weighted by Gasteiger charge is 2.34. The van der Waals surface area contributed by atoms with E-state index in [0.29, 0.717) is 19.4 Å². The second kappa shape index (κ2) is 14.9. The zero-order valence-corrected chi connectivity index (χ0v) is 17.0. The predicted molar refractivity (Wildman–Crippen MR) is 97.6 cm³/mol. The third kappa shape index (κ3) is 9.91. The molecule has 0 saturated carbocycles. The standard InChI is InChI=1S/C18H33NO8/c1-6-8-9-10-12-19(16(20)23-3)14(11-7-2)15(27-18(22)25-5)13-26-17(21)24-4/h14-15H,6-13H2,1-5H3/t14-,15+/m1/s1. The van der Waals surface area contributed by atoms with Gasteiger partial charge in [-0.2, -0.15) is 0 Å². The number of amides is 1. The number of unbranched alkanes of at least 4 members (excludes halogenated alkanes) is 3. The molecule has 0 aliphatic heterocycles. The fourth-order valence-corrected chi connectivity index (χ4v) is 2.66. The lowest BCUT2D eigenvalue weighted by atomic mass is 10.0. The topological polar surface area (TPSA) is 101 Å². The van der Waals surface area contributed by atoms with Crippen LogP contribution in [0.5, 0.6) is 0 Å². The van der Waals surface area contributed by atoms with E-state index in [4.69, 9.17) is 14.2 Å². The number of methoxy groups -OCH3 is 3. The Labute approximate surface area is 161 Å². The lowest BCUT2D eigenvalue weighted by Crippen LogP contribution is -2.50. The van der Waals surface area contributed by atoms with E-state index < -0.39 is 30.5 Å². The average molecular weight is 391 g/mol. The Morgan fingerprint density at radius 1 is 0.852 bits per heavy atom. The van der Waals surface area contributed by atoms with E-state index in [-0.39, 0.29) is 6.61 Å². The van der Waals surface area contributed by atoms with Crippen molar-refractivity contribution in [1.29, 1.82) is 0 Å². The summed E-state index contributed by atoms with van der Waals surface area (Å²) >= 11 is 0. The molecule has 0 rings (SSSR count). The van der Waals surface area contributed by atoms with Crippen LogP contribution in [0.4, 0.5) is 14.4 Å². The molecule has 27 heavy (non-hydrogen) atoms. The lowest BCUT2D eigenvalue weighted by molar-refractivity contribution is -0.0423. The fraction of sp³-hybridized carbons (Fsp3) is 0.833. The first-order chi connectivity index (χ1) is 12.9. The molecule has 0 fully saturated rings. The van der Waals surface area contributed by atoms with Crippen LogP contribution >= 0.6 is 0 Å². The summed E-state index contributed by atoms with van der Waals surface area (Å²) in [5.74, 6) is 0. The van der Waals surface area contributed by atoms with Gasteiger partial charge in [-0.25, -0.2) is 14.4 Å². The molecule has 0 unspecified atom stereocenters. The molecule has 0 heterocycles. The van der Waals surface area contributed by atoms with E-state index in [9.17, 15) is 14.4 Å². The second-order valence-electron chi connectivity index (χ2n) is 5.96. The van der Waals surface area contributed by atoms with Crippen molar-refractivity contribution in [2.75, 3.05) is 34.5 Å². The maximum Gasteiger partial charge on any atom is 0.508 e. The number of nitrogens with zero attached hydrogens (tertiary/aromatic N) is 1. The van der Waals surface area contributed by atoms with Crippen LogP contribution in [0.25, 0.3) is 0 Å². The number of ether oxygens (including phenoxy) is 5. The van der Waals surface area contributed by atoms with E-state index in [1.807, 2.05) is 6.92 Å². The Kier molecular flexibility index (Phi) is 13.7. The molecular weight excluding hydrogens is 358 g/mol. The van der Waals surface area contributed by atoms with Crippen molar-refractivity contribution >= 4 is 18.4 Å². The molecular formula is C18H33NO8. The van der Waals surface area contributed by atoms with Gasteiger partial charge in [-0.15, -0.1) is 0 Å². The number of rotatable bonds is 12. The van der Waals surface area contributed by atoms with Gasteiger partial charge in [0.2, 0.25) is 0 Å². The van der Waals surface area contributed by atoms with Crippen LogP contribution in [-0.4, -0.2) is 69.9 Å². The fourth-order valence-electron chi connectivity index (χ4n) is 2.66. The number of hydrogen-bond donors (Lipinski definition) is 0. The normalized spacial score (nSPS) is 12.5. The van der Waals surface area contributed by atoms with Crippen LogP contribution in [0.15, 0.2) is 0 Å². The molecule has 158 valence electrons. The van der Waals surface area contributed by atoms with Crippen molar-refractivity contribution in [2.24, 2.45) is 0 Å². The first-order valence-corrected chi connectivity index (χ1v) is 9.24. The first kappa shape index (κ1) is 24.8. The summed E-state index contributed by atoms with van der Waals surface area (Å²) in [5, 5.41) is 0. The molecule has 0 saturated heterocycles. The summed E-state index contributed by atoms with van der Waals surface area (Å²) in [7, 11) is 3.65. The van der Waals surface area contributed by atoms with Crippen molar-refractivity contribution in [3.63, 3.8) is 0 Å². The van der Waals surface area contributed by atoms with Gasteiger partial charge in [-0.1, -0.05) is 39.5 Å². The molecule has 0 aliphatic carbocycles. The van der Waals surface area contributed by atoms with Gasteiger partial charge in [-0.05, 0) is 12.8 Å². The Bertz CT molecular complexity index is 443. The highest BCUT2D eigenvalue weighted by Crippen LogP contribution is 2.19. The number of carbonyl (C=O) groups excluding carboxylic acids is 3. The Balaban J connectivity index is 5.41. The minimum atomic E-state index is -0.926. The highest BCUT2D eigenvalue weighted by molar-refractivity contribution is 5.68. The molecule has 1 amide bonds. The molecule has 9 nitrogen and oxygen atoms in total. The Morgan fingerprint density at radius 2 is 1.52 bits per heavy atom. The second-order valence-corrected chi connectivity index (χ2v) is 5.96. The summed E-state index contributed by atoms with van der Waals surface area (Å²) in [6.45, 7) is 4.21. The summed E-state index contributed by atoms with van der Waals surface area (Å²) in [6.07, 6.45) is 1.83. The smallest absolute Gasteiger partial charge is 0.453 e. The Hall–Kier alpha value is -2.19. The van der Waals surface area contributed by atoms with Crippen molar-refractivity contribution in [3.8, 4) is 0 Å². The zero-order valence-electron chi connectivity index (χ0n) is 17.0. The molecule has 0 bridgehead atoms. The maximum atomic E-state index is 12.3. The maximum absolute atomic E-state index is 12.3. The number of carbonyl (C=O) groups is 3. The SMILES string of the molecule is CCCCCCN(C(=O)OC)[C@H](CCC)[C@H](COC(=O)OC)OC(=O)OC. The van der Waals surface area contributed by atoms with E-state index in [0.717, 1.165) is 25.7 Å². The molecule has 0 N–H and O–H groups in total. The van der Waals surface area contributed by atoms with Crippen LogP contribution in [0, 0.1) is 0 Å². The minimum Gasteiger partial charge on any atom is -0.453 e. The van der Waals surface area contributed by atoms with Crippen LogP contribution < -0.4 is 0 Å². The Morgan fingerprint density at radius 3 is 2.04 bits per heavy atom. The van der Waals surface area contributed by atoms with Gasteiger partial charge in [0.05, 0.1) is 27.4 Å². The summed E-state index contributed by atoms with van der Waals surface area (Å²) in [6, 6.07) is -0.534. The van der Waals surface area contributed by atoms with E-state index >= 15 is 0 Å². The van der Waals surface area contributed by atoms with Gasteiger partial charge in [0.25, 0.3) is 0 Å². The van der Waals surface area contributed by atoms with Gasteiger partial charge in [0.15, 0.2) is 6.10 Å². The number of hydrogen-bond acceptors (Lipinski definition) is 8. The molecule has 0 aromatic carbocycles. The van der Waals surface area contributed by atoms with Crippen molar-refractivity contribution < 1.29 is 38.1 Å². The van der Waals surface area contributed by atoms with Crippen LogP contribution in [0.2, 0.25) is 0 Å². The third-order valence-corrected chi connectivity index (χ3v) is 4.02. The minimum absolute atomic E-state index is 0.269. The monoisotopic (exact) mass is 391 g/mol. The summed E-state index contributed by atoms with van der Waals surface area (Å²) in [4.78, 5) is 36.9. The van der Waals surface area contributed by atoms with Gasteiger partial charge in [0, 0.05) is 6.54 Å². The zero-order chi connectivity index (χ0) is 20.7. The molecule has 0 aromatic rings. The van der Waals surface area contributed by atoms with Crippen molar-refractivity contribution in [1.82, 2.24) is 4.90 Å². The molecule has 0 aromatic heterocycles. The van der Waals surface area contributed by atoms with Gasteiger partial charge >= 0.3 is 18.4 Å². The van der Waals surface area contributed by atoms with Crippen molar-refractivity contribution in [2.45, 2.75) is 64.5 Å². The van der Waals surface area contributed by atoms with Crippen LogP contribution in [-0.2, 0) is 23.7 Å². The van der Waals surface area contributed by atoms with Gasteiger partial charge < -0.3 is 28.6 Å². The molecule has 9 heteroatoms. The predicted octanol–water partition coefficient (Wildman–Crippen LogP) is 3.74. The summed E-state index contributed by atoms with van der Waals surface area (Å²) < 4.78 is 24.1. The quantitative estimate of drug-likeness (QED) is 0.282. The van der Waals surface area contributed by atoms with Crippen LogP contribution in [0.3, 0.4) is 0 Å². The molecule has 0 aliphatic rings. The lowest BCUT2D eigenvalue weighted by Gasteiger charge is -2.35. The average Bonchev–Trinajstić information content (AvgIpc) is 2.68. The molecule has 2 atom stereocenters. The molecule has 0 spiro atoms. The van der Waals surface area contributed by atoms with E-state index in [1.54, 1.807) is 0 Å². The van der Waals surface area contributed by atoms with E-state index in [2.05, 4.69) is 16.4 Å². The summed E-state index contributed by atoms with van der Waals surface area (Å²) in [5.41, 5.74) is 0. The first-order valence-electron chi connectivity index (χ1n) is 9.24. The van der Waals surface area contributed by atoms with E-state index in [1.165, 1.54) is 26.2 Å². The van der Waals surface area contributed by atoms with Crippen LogP contribution in [0.1, 0.15) is 52.4 Å². The van der Waals surface area contributed by atoms with Crippen molar-refractivity contribution in [3.05, 3.63) is 0 Å². The largest absolute Gasteiger partial charge is 0.508 e. The van der Waals surface area contributed by atoms with Gasteiger partial charge in [-0.3, -0.25) is 0 Å². The highest BCUT2D eigenvalue weighted by atomic mass is 16.7. The molecule has 0 radical (unpaired) electrons. The van der Waals surface area contributed by atoms with Gasteiger partial charge in [0.1, 0.15) is 6.61 Å².